The lowest BCUT2D eigenvalue weighted by atomic mass is 9.99. The average Bonchev–Trinajstić information content (AvgIpc) is 3.80. The van der Waals surface area contributed by atoms with Crippen LogP contribution in [0, 0.1) is 5.92 Å². The Morgan fingerprint density at radius 1 is 0.930 bits per heavy atom. The number of nitrogens with one attached hydrogen (secondary N) is 3. The Morgan fingerprint density at radius 3 is 2.33 bits per heavy atom. The molecule has 0 aliphatic heterocycles. The monoisotopic (exact) mass is 620 g/mol. The number of fused-ring (bicyclic) bond motifs is 3. The van der Waals surface area contributed by atoms with Gasteiger partial charge in [0, 0.05) is 59.9 Å². The van der Waals surface area contributed by atoms with Gasteiger partial charge in [0.05, 0.1) is 22.5 Å². The molecule has 4 aromatic rings. The number of benzene rings is 1. The van der Waals surface area contributed by atoms with E-state index in [1.807, 2.05) is 19.9 Å². The van der Waals surface area contributed by atoms with E-state index >= 15 is 0 Å². The van der Waals surface area contributed by atoms with Crippen LogP contribution in [0.15, 0.2) is 77.2 Å². The van der Waals surface area contributed by atoms with E-state index in [9.17, 15) is 21.6 Å². The molecule has 3 heterocycles. The molecule has 2 atom stereocenters. The molecule has 3 aromatic heterocycles. The molecule has 224 valence electrons. The van der Waals surface area contributed by atoms with Crippen molar-refractivity contribution in [1.29, 1.82) is 0 Å². The summed E-state index contributed by atoms with van der Waals surface area (Å²) in [5, 5.41) is 3.96. The number of pyridine rings is 3. The summed E-state index contributed by atoms with van der Waals surface area (Å²) in [5.41, 5.74) is 2.22. The molecule has 0 bridgehead atoms. The van der Waals surface area contributed by atoms with Gasteiger partial charge in [-0.2, -0.15) is 0 Å². The van der Waals surface area contributed by atoms with Crippen LogP contribution in [-0.4, -0.2) is 44.2 Å². The van der Waals surface area contributed by atoms with E-state index in [1.54, 1.807) is 30.6 Å². The molecule has 43 heavy (non-hydrogen) atoms. The van der Waals surface area contributed by atoms with Crippen molar-refractivity contribution in [2.75, 3.05) is 6.54 Å². The Bertz CT molecular complexity index is 1900. The number of hydrogen-bond donors (Lipinski definition) is 3. The van der Waals surface area contributed by atoms with Crippen LogP contribution in [0.5, 0.6) is 0 Å². The van der Waals surface area contributed by atoms with Crippen molar-refractivity contribution < 1.29 is 21.6 Å². The maximum absolute atomic E-state index is 13.7. The number of aromatic nitrogens is 3. The topological polar surface area (TPSA) is 160 Å². The summed E-state index contributed by atoms with van der Waals surface area (Å²) >= 11 is 0. The Kier molecular flexibility index (Phi) is 7.75. The van der Waals surface area contributed by atoms with E-state index in [2.05, 4.69) is 29.7 Å². The van der Waals surface area contributed by atoms with Crippen molar-refractivity contribution in [3.05, 3.63) is 89.8 Å². The molecule has 1 fully saturated rings. The molecule has 13 heteroatoms. The third-order valence-electron chi connectivity index (χ3n) is 7.71. The van der Waals surface area contributed by atoms with Crippen molar-refractivity contribution in [3.63, 3.8) is 0 Å². The quantitative estimate of drug-likeness (QED) is 0.242. The van der Waals surface area contributed by atoms with E-state index in [0.29, 0.717) is 27.5 Å². The fourth-order valence-electron chi connectivity index (χ4n) is 5.42. The second-order valence-corrected chi connectivity index (χ2v) is 14.9. The Hall–Kier alpha value is -3.78. The lowest BCUT2D eigenvalue weighted by Crippen LogP contribution is -2.30. The number of rotatable bonds is 10. The molecule has 0 spiro atoms. The zero-order chi connectivity index (χ0) is 30.4. The van der Waals surface area contributed by atoms with Gasteiger partial charge in [0.2, 0.25) is 20.0 Å². The fourth-order valence-corrected chi connectivity index (χ4v) is 8.05. The zero-order valence-corrected chi connectivity index (χ0v) is 25.3. The van der Waals surface area contributed by atoms with Gasteiger partial charge < -0.3 is 5.32 Å². The molecule has 1 saturated carbocycles. The molecular formula is C30H32N6O5S2. The Balaban J connectivity index is 1.51. The largest absolute Gasteiger partial charge is 0.345 e. The summed E-state index contributed by atoms with van der Waals surface area (Å²) in [7, 11) is -7.99. The van der Waals surface area contributed by atoms with Crippen LogP contribution in [0.1, 0.15) is 78.3 Å². The summed E-state index contributed by atoms with van der Waals surface area (Å²) in [6.07, 6.45) is 9.49. The minimum atomic E-state index is -4.01. The van der Waals surface area contributed by atoms with Crippen LogP contribution in [0.4, 0.5) is 0 Å². The minimum Gasteiger partial charge on any atom is -0.345 e. The van der Waals surface area contributed by atoms with Crippen LogP contribution < -0.4 is 14.8 Å². The van der Waals surface area contributed by atoms with Gasteiger partial charge in [-0.25, -0.2) is 26.3 Å². The molecule has 2 aliphatic rings. The highest BCUT2D eigenvalue weighted by molar-refractivity contribution is 7.90. The summed E-state index contributed by atoms with van der Waals surface area (Å²) in [4.78, 5) is 25.9. The molecule has 0 radical (unpaired) electrons. The van der Waals surface area contributed by atoms with Crippen molar-refractivity contribution in [1.82, 2.24) is 29.7 Å². The van der Waals surface area contributed by atoms with Crippen LogP contribution in [0.3, 0.4) is 0 Å². The standard InChI is InChI=1S/C30H32N6O5S2/c1-18(2)14-34-43(40,41)28-12-23-26(35-30(37)20-5-3-9-31-15-20)13-27(36-42(38,39)21-6-4-10-32-16-21)29(23)24-17-33-25(11-22(24)28)19-7-8-19/h3-6,9-12,15-19,26-27,34,36H,7-8,13-14H2,1-2H3,(H,35,37)/t26-,27-/m0/s1. The molecule has 6 rings (SSSR count). The number of hydrogen-bond acceptors (Lipinski definition) is 8. The first kappa shape index (κ1) is 29.3. The van der Waals surface area contributed by atoms with E-state index in [0.717, 1.165) is 18.5 Å². The third kappa shape index (κ3) is 6.03. The highest BCUT2D eigenvalue weighted by atomic mass is 32.2. The van der Waals surface area contributed by atoms with Crippen LogP contribution in [-0.2, 0) is 20.0 Å². The van der Waals surface area contributed by atoms with Crippen molar-refractivity contribution in [2.45, 2.75) is 60.9 Å². The smallest absolute Gasteiger partial charge is 0.253 e. The Labute approximate surface area is 250 Å². The van der Waals surface area contributed by atoms with Crippen molar-refractivity contribution in [3.8, 4) is 0 Å². The van der Waals surface area contributed by atoms with Gasteiger partial charge in [0.1, 0.15) is 4.90 Å². The molecule has 0 unspecified atom stereocenters. The lowest BCUT2D eigenvalue weighted by molar-refractivity contribution is 0.0935. The summed E-state index contributed by atoms with van der Waals surface area (Å²) in [5.74, 6) is -0.0652. The number of sulfonamides is 2. The van der Waals surface area contributed by atoms with Gasteiger partial charge in [0.25, 0.3) is 5.91 Å². The number of carbonyl (C=O) groups is 1. The van der Waals surface area contributed by atoms with Gasteiger partial charge >= 0.3 is 0 Å². The summed E-state index contributed by atoms with van der Waals surface area (Å²) in [6.45, 7) is 4.08. The molecule has 0 saturated heterocycles. The predicted molar refractivity (Wildman–Crippen MR) is 160 cm³/mol. The second-order valence-electron chi connectivity index (χ2n) is 11.4. The van der Waals surface area contributed by atoms with Crippen LogP contribution >= 0.6 is 0 Å². The lowest BCUT2D eigenvalue weighted by Gasteiger charge is -2.19. The first-order chi connectivity index (χ1) is 20.5. The first-order valence-corrected chi connectivity index (χ1v) is 17.1. The number of amides is 1. The van der Waals surface area contributed by atoms with E-state index in [-0.39, 0.29) is 34.6 Å². The molecular weight excluding hydrogens is 589 g/mol. The number of carbonyl (C=O) groups excluding carboxylic acids is 1. The van der Waals surface area contributed by atoms with Gasteiger partial charge in [-0.15, -0.1) is 0 Å². The van der Waals surface area contributed by atoms with Crippen molar-refractivity contribution >= 4 is 36.7 Å². The molecule has 1 aromatic carbocycles. The summed E-state index contributed by atoms with van der Waals surface area (Å²) in [6, 6.07) is 8.15. The van der Waals surface area contributed by atoms with Crippen LogP contribution in [0.2, 0.25) is 0 Å². The molecule has 1 amide bonds. The van der Waals surface area contributed by atoms with Gasteiger partial charge in [-0.3, -0.25) is 19.7 Å². The Morgan fingerprint density at radius 2 is 1.67 bits per heavy atom. The first-order valence-electron chi connectivity index (χ1n) is 14.1. The average molecular weight is 621 g/mol. The summed E-state index contributed by atoms with van der Waals surface area (Å²) < 4.78 is 59.9. The highest BCUT2D eigenvalue weighted by Gasteiger charge is 2.39. The molecule has 3 N–H and O–H groups in total. The maximum atomic E-state index is 13.7. The van der Waals surface area contributed by atoms with Gasteiger partial charge in [-0.1, -0.05) is 13.8 Å². The van der Waals surface area contributed by atoms with E-state index < -0.39 is 38.0 Å². The zero-order valence-electron chi connectivity index (χ0n) is 23.7. The molecule has 2 aliphatic carbocycles. The molecule has 11 nitrogen and oxygen atoms in total. The van der Waals surface area contributed by atoms with Gasteiger partial charge in [0.15, 0.2) is 0 Å². The SMILES string of the molecule is CC(C)CNS(=O)(=O)c1cc2c(c3cnc(C4CC4)cc13)[C@@H](NS(=O)(=O)c1cccnc1)C[C@@H]2NC(=O)c1cccnc1. The normalized spacial score (nSPS) is 18.6. The van der Waals surface area contributed by atoms with Gasteiger partial charge in [-0.05, 0) is 72.7 Å². The van der Waals surface area contributed by atoms with Crippen molar-refractivity contribution in [2.24, 2.45) is 5.92 Å². The minimum absolute atomic E-state index is 0.00470. The fraction of sp³-hybridized carbons (Fsp3) is 0.333. The second kappa shape index (κ2) is 11.4. The van der Waals surface area contributed by atoms with Crippen LogP contribution in [0.25, 0.3) is 10.8 Å². The third-order valence-corrected chi connectivity index (χ3v) is 10.6. The predicted octanol–water partition coefficient (Wildman–Crippen LogP) is 3.73. The maximum Gasteiger partial charge on any atom is 0.253 e. The number of nitrogens with zero attached hydrogens (tertiary/aromatic N) is 3. The van der Waals surface area contributed by atoms with E-state index in [4.69, 9.17) is 0 Å². The van der Waals surface area contributed by atoms with E-state index in [1.165, 1.54) is 30.7 Å². The highest BCUT2D eigenvalue weighted by Crippen LogP contribution is 2.47.